The Kier molecular flexibility index (Phi) is 4.43. The van der Waals surface area contributed by atoms with Crippen molar-refractivity contribution in [3.05, 3.63) is 65.2 Å². The summed E-state index contributed by atoms with van der Waals surface area (Å²) in [5.74, 6) is -0.137. The lowest BCUT2D eigenvalue weighted by Gasteiger charge is -2.04. The van der Waals surface area contributed by atoms with E-state index in [0.717, 1.165) is 27.7 Å². The fourth-order valence-electron chi connectivity index (χ4n) is 2.12. The molecule has 3 aromatic rings. The Labute approximate surface area is 126 Å². The van der Waals surface area contributed by atoms with Gasteiger partial charge in [-0.3, -0.25) is 0 Å². The number of benzene rings is 1. The van der Waals surface area contributed by atoms with Gasteiger partial charge in [0.25, 0.3) is 0 Å². The minimum absolute atomic E-state index is 0.137. The van der Waals surface area contributed by atoms with Gasteiger partial charge in [-0.1, -0.05) is 18.2 Å². The van der Waals surface area contributed by atoms with Crippen LogP contribution in [0, 0.1) is 5.82 Å². The molecule has 5 heteroatoms. The number of thiazole rings is 1. The summed E-state index contributed by atoms with van der Waals surface area (Å²) in [5, 5.41) is 4.34. The van der Waals surface area contributed by atoms with Crippen LogP contribution in [0.5, 0.6) is 0 Å². The van der Waals surface area contributed by atoms with E-state index < -0.39 is 0 Å². The molecule has 3 rings (SSSR count). The van der Waals surface area contributed by atoms with Crippen molar-refractivity contribution in [1.82, 2.24) is 15.3 Å². The third kappa shape index (κ3) is 3.56. The third-order valence-electron chi connectivity index (χ3n) is 3.22. The zero-order chi connectivity index (χ0) is 14.5. The molecule has 0 fully saturated rings. The van der Waals surface area contributed by atoms with E-state index in [2.05, 4.69) is 15.3 Å². The van der Waals surface area contributed by atoms with Crippen molar-refractivity contribution in [2.24, 2.45) is 0 Å². The van der Waals surface area contributed by atoms with Crippen LogP contribution in [0.1, 0.15) is 10.6 Å². The molecule has 0 atom stereocenters. The second kappa shape index (κ2) is 6.65. The van der Waals surface area contributed by atoms with Crippen molar-refractivity contribution in [1.29, 1.82) is 0 Å². The quantitative estimate of drug-likeness (QED) is 0.683. The highest BCUT2D eigenvalue weighted by atomic mass is 32.1. The van der Waals surface area contributed by atoms with Gasteiger partial charge in [0.2, 0.25) is 0 Å². The van der Waals surface area contributed by atoms with Gasteiger partial charge in [0.15, 0.2) is 0 Å². The first-order chi connectivity index (χ1) is 10.3. The van der Waals surface area contributed by atoms with Crippen molar-refractivity contribution >= 4 is 11.3 Å². The minimum atomic E-state index is -0.137. The smallest absolute Gasteiger partial charge is 0.126 e. The molecule has 0 unspecified atom stereocenters. The molecular formula is C16H16FN3S. The van der Waals surface area contributed by atoms with Crippen molar-refractivity contribution in [2.45, 2.75) is 13.0 Å². The number of nitrogens with one attached hydrogen (secondary N) is 2. The number of aromatic amines is 1. The lowest BCUT2D eigenvalue weighted by Crippen LogP contribution is -2.16. The second-order valence-electron chi connectivity index (χ2n) is 4.72. The van der Waals surface area contributed by atoms with Gasteiger partial charge in [-0.25, -0.2) is 9.37 Å². The number of nitrogens with zero attached hydrogens (tertiary/aromatic N) is 1. The number of hydrogen-bond acceptors (Lipinski definition) is 3. The van der Waals surface area contributed by atoms with Gasteiger partial charge in [-0.2, -0.15) is 0 Å². The Morgan fingerprint density at radius 1 is 1.19 bits per heavy atom. The predicted octanol–water partition coefficient (Wildman–Crippen LogP) is 3.61. The first-order valence-corrected chi connectivity index (χ1v) is 7.67. The maximum absolute atomic E-state index is 13.5. The van der Waals surface area contributed by atoms with Crippen LogP contribution in [-0.2, 0) is 13.0 Å². The van der Waals surface area contributed by atoms with E-state index in [0.29, 0.717) is 13.0 Å². The fraction of sp³-hybridized carbons (Fsp3) is 0.188. The molecule has 0 aliphatic carbocycles. The average Bonchev–Trinajstić information content (AvgIpc) is 3.16. The molecule has 0 spiro atoms. The molecule has 0 aliphatic heterocycles. The van der Waals surface area contributed by atoms with Crippen molar-refractivity contribution in [2.75, 3.05) is 6.54 Å². The second-order valence-corrected chi connectivity index (χ2v) is 5.84. The lowest BCUT2D eigenvalue weighted by molar-refractivity contribution is 0.597. The van der Waals surface area contributed by atoms with Crippen molar-refractivity contribution in [3.8, 4) is 10.6 Å². The van der Waals surface area contributed by atoms with Gasteiger partial charge in [0.1, 0.15) is 10.8 Å². The summed E-state index contributed by atoms with van der Waals surface area (Å²) in [7, 11) is 0. The number of halogens is 1. The van der Waals surface area contributed by atoms with Crippen LogP contribution in [0.2, 0.25) is 0 Å². The van der Waals surface area contributed by atoms with Gasteiger partial charge in [-0.05, 0) is 36.7 Å². The summed E-state index contributed by atoms with van der Waals surface area (Å²) >= 11 is 1.66. The molecule has 0 radical (unpaired) electrons. The standard InChI is InChI=1S/C16H16FN3S/c17-13-5-2-1-4-12(13)7-9-18-11-16-20-10-15(21-16)14-6-3-8-19-14/h1-6,8,10,18-19H,7,9,11H2. The average molecular weight is 301 g/mol. The van der Waals surface area contributed by atoms with Gasteiger partial charge < -0.3 is 10.3 Å². The Bertz CT molecular complexity index is 691. The molecule has 2 aromatic heterocycles. The molecule has 0 aliphatic rings. The van der Waals surface area contributed by atoms with Crippen LogP contribution in [0.25, 0.3) is 10.6 Å². The van der Waals surface area contributed by atoms with Crippen LogP contribution < -0.4 is 5.32 Å². The predicted molar refractivity (Wildman–Crippen MR) is 83.7 cm³/mol. The molecule has 108 valence electrons. The summed E-state index contributed by atoms with van der Waals surface area (Å²) in [6.45, 7) is 1.44. The van der Waals surface area contributed by atoms with Crippen LogP contribution in [0.4, 0.5) is 4.39 Å². The topological polar surface area (TPSA) is 40.7 Å². The molecule has 21 heavy (non-hydrogen) atoms. The molecule has 2 heterocycles. The first kappa shape index (κ1) is 14.0. The molecule has 2 N–H and O–H groups in total. The molecule has 0 saturated heterocycles. The highest BCUT2D eigenvalue weighted by Crippen LogP contribution is 2.24. The van der Waals surface area contributed by atoms with Gasteiger partial charge in [0, 0.05) is 18.9 Å². The number of rotatable bonds is 6. The van der Waals surface area contributed by atoms with Crippen LogP contribution in [0.3, 0.4) is 0 Å². The van der Waals surface area contributed by atoms with Crippen LogP contribution in [-0.4, -0.2) is 16.5 Å². The van der Waals surface area contributed by atoms with E-state index in [1.165, 1.54) is 6.07 Å². The SMILES string of the molecule is Fc1ccccc1CCNCc1ncc(-c2ccc[nH]2)s1. The lowest BCUT2D eigenvalue weighted by atomic mass is 10.1. The maximum atomic E-state index is 13.5. The summed E-state index contributed by atoms with van der Waals surface area (Å²) < 4.78 is 13.5. The summed E-state index contributed by atoms with van der Waals surface area (Å²) in [6, 6.07) is 10.9. The van der Waals surface area contributed by atoms with Gasteiger partial charge in [0.05, 0.1) is 10.6 Å². The zero-order valence-corrected chi connectivity index (χ0v) is 12.3. The molecule has 1 aromatic carbocycles. The monoisotopic (exact) mass is 301 g/mol. The number of hydrogen-bond donors (Lipinski definition) is 2. The van der Waals surface area contributed by atoms with E-state index >= 15 is 0 Å². The molecule has 3 nitrogen and oxygen atoms in total. The fourth-order valence-corrected chi connectivity index (χ4v) is 3.00. The maximum Gasteiger partial charge on any atom is 0.126 e. The van der Waals surface area contributed by atoms with Crippen molar-refractivity contribution < 1.29 is 4.39 Å². The summed E-state index contributed by atoms with van der Waals surface area (Å²) in [5.41, 5.74) is 1.83. The largest absolute Gasteiger partial charge is 0.360 e. The number of aromatic nitrogens is 2. The third-order valence-corrected chi connectivity index (χ3v) is 4.25. The van der Waals surface area contributed by atoms with E-state index in [1.807, 2.05) is 36.7 Å². The highest BCUT2D eigenvalue weighted by Gasteiger charge is 2.05. The highest BCUT2D eigenvalue weighted by molar-refractivity contribution is 7.15. The van der Waals surface area contributed by atoms with Gasteiger partial charge in [-0.15, -0.1) is 11.3 Å². The molecule has 0 amide bonds. The minimum Gasteiger partial charge on any atom is -0.360 e. The molecular weight excluding hydrogens is 285 g/mol. The van der Waals surface area contributed by atoms with Gasteiger partial charge >= 0.3 is 0 Å². The Morgan fingerprint density at radius 2 is 2.10 bits per heavy atom. The normalized spacial score (nSPS) is 10.9. The Hall–Kier alpha value is -1.98. The summed E-state index contributed by atoms with van der Waals surface area (Å²) in [4.78, 5) is 8.70. The molecule has 0 saturated carbocycles. The Morgan fingerprint density at radius 3 is 2.90 bits per heavy atom. The number of H-pyrrole nitrogens is 1. The van der Waals surface area contributed by atoms with E-state index in [-0.39, 0.29) is 5.82 Å². The van der Waals surface area contributed by atoms with Crippen molar-refractivity contribution in [3.63, 3.8) is 0 Å². The van der Waals surface area contributed by atoms with Crippen LogP contribution >= 0.6 is 11.3 Å². The zero-order valence-electron chi connectivity index (χ0n) is 11.5. The van der Waals surface area contributed by atoms with E-state index in [4.69, 9.17) is 0 Å². The van der Waals surface area contributed by atoms with E-state index in [1.54, 1.807) is 17.4 Å². The van der Waals surface area contributed by atoms with Crippen LogP contribution in [0.15, 0.2) is 48.8 Å². The van der Waals surface area contributed by atoms with E-state index in [9.17, 15) is 4.39 Å². The first-order valence-electron chi connectivity index (χ1n) is 6.85. The summed E-state index contributed by atoms with van der Waals surface area (Å²) in [6.07, 6.45) is 4.47. The molecule has 0 bridgehead atoms. The Balaban J connectivity index is 1.49.